The number of benzene rings is 3. The largest absolute Gasteiger partial charge is 0.491 e. The van der Waals surface area contributed by atoms with Crippen molar-refractivity contribution >= 4 is 37.5 Å². The van der Waals surface area contributed by atoms with Crippen LogP contribution in [0, 0.1) is 13.8 Å². The summed E-state index contributed by atoms with van der Waals surface area (Å²) in [7, 11) is -3.93. The van der Waals surface area contributed by atoms with Crippen LogP contribution >= 0.6 is 15.9 Å². The lowest BCUT2D eigenvalue weighted by Gasteiger charge is -2.24. The van der Waals surface area contributed by atoms with Gasteiger partial charge in [0.2, 0.25) is 5.91 Å². The Labute approximate surface area is 197 Å². The zero-order valence-electron chi connectivity index (χ0n) is 17.9. The number of carbonyl (C=O) groups is 1. The third-order valence-electron chi connectivity index (χ3n) is 4.74. The summed E-state index contributed by atoms with van der Waals surface area (Å²) in [6, 6.07) is 20.8. The Hall–Kier alpha value is -2.84. The van der Waals surface area contributed by atoms with Crippen LogP contribution < -0.4 is 14.4 Å². The van der Waals surface area contributed by atoms with Gasteiger partial charge in [0.1, 0.15) is 18.9 Å². The van der Waals surface area contributed by atoms with Gasteiger partial charge in [0, 0.05) is 4.47 Å². The maximum Gasteiger partial charge on any atom is 0.264 e. The molecule has 168 valence electrons. The first-order chi connectivity index (χ1) is 15.3. The molecule has 0 radical (unpaired) electrons. The molecule has 0 aliphatic rings. The molecule has 0 saturated carbocycles. The molecule has 0 fully saturated rings. The fourth-order valence-corrected chi connectivity index (χ4v) is 4.89. The molecule has 32 heavy (non-hydrogen) atoms. The summed E-state index contributed by atoms with van der Waals surface area (Å²) < 4.78 is 34.1. The minimum Gasteiger partial charge on any atom is -0.491 e. The standard InChI is InChI=1S/C24H25BrN2O4S/c1-18-11-12-19(2)23(15-18)31-14-13-26-24(28)17-27(21-8-6-7-20(25)16-21)32(29,30)22-9-4-3-5-10-22/h3-12,15-16H,13-14,17H2,1-2H3,(H,26,28). The number of nitrogens with one attached hydrogen (secondary N) is 1. The summed E-state index contributed by atoms with van der Waals surface area (Å²) in [5, 5.41) is 2.74. The first-order valence-electron chi connectivity index (χ1n) is 10.1. The number of amides is 1. The summed E-state index contributed by atoms with van der Waals surface area (Å²) in [6.45, 7) is 4.12. The van der Waals surface area contributed by atoms with E-state index in [1.165, 1.54) is 12.1 Å². The third kappa shape index (κ3) is 6.11. The van der Waals surface area contributed by atoms with Crippen LogP contribution in [-0.4, -0.2) is 34.0 Å². The van der Waals surface area contributed by atoms with E-state index in [1.807, 2.05) is 32.0 Å². The summed E-state index contributed by atoms with van der Waals surface area (Å²) in [4.78, 5) is 12.8. The number of nitrogens with zero attached hydrogens (tertiary/aromatic N) is 1. The fraction of sp³-hybridized carbons (Fsp3) is 0.208. The van der Waals surface area contributed by atoms with Crippen molar-refractivity contribution in [2.75, 3.05) is 24.0 Å². The van der Waals surface area contributed by atoms with Crippen LogP contribution in [0.2, 0.25) is 0 Å². The lowest BCUT2D eigenvalue weighted by molar-refractivity contribution is -0.119. The number of hydrogen-bond donors (Lipinski definition) is 1. The summed E-state index contributed by atoms with van der Waals surface area (Å²) in [5.74, 6) is 0.343. The van der Waals surface area contributed by atoms with Crippen molar-refractivity contribution in [1.29, 1.82) is 0 Å². The van der Waals surface area contributed by atoms with E-state index in [1.54, 1.807) is 42.5 Å². The van der Waals surface area contributed by atoms with E-state index in [9.17, 15) is 13.2 Å². The van der Waals surface area contributed by atoms with Gasteiger partial charge in [0.15, 0.2) is 0 Å². The van der Waals surface area contributed by atoms with Crippen molar-refractivity contribution in [2.45, 2.75) is 18.7 Å². The number of hydrogen-bond acceptors (Lipinski definition) is 4. The van der Waals surface area contributed by atoms with Gasteiger partial charge in [-0.05, 0) is 61.4 Å². The third-order valence-corrected chi connectivity index (χ3v) is 7.02. The molecule has 0 atom stereocenters. The molecule has 0 aromatic heterocycles. The topological polar surface area (TPSA) is 75.7 Å². The Balaban J connectivity index is 1.69. The average molecular weight is 517 g/mol. The maximum atomic E-state index is 13.3. The molecule has 0 aliphatic heterocycles. The second kappa shape index (κ2) is 10.7. The van der Waals surface area contributed by atoms with Gasteiger partial charge in [-0.25, -0.2) is 8.42 Å². The molecule has 0 saturated heterocycles. The first-order valence-corrected chi connectivity index (χ1v) is 12.3. The van der Waals surface area contributed by atoms with E-state index in [-0.39, 0.29) is 24.6 Å². The Kier molecular flexibility index (Phi) is 7.93. The van der Waals surface area contributed by atoms with Gasteiger partial charge in [0.25, 0.3) is 10.0 Å². The van der Waals surface area contributed by atoms with Gasteiger partial charge in [-0.2, -0.15) is 0 Å². The van der Waals surface area contributed by atoms with Crippen LogP contribution in [0.4, 0.5) is 5.69 Å². The highest BCUT2D eigenvalue weighted by Gasteiger charge is 2.27. The summed E-state index contributed by atoms with van der Waals surface area (Å²) in [5.41, 5.74) is 2.49. The zero-order chi connectivity index (χ0) is 23.1. The number of carbonyl (C=O) groups excluding carboxylic acids is 1. The van der Waals surface area contributed by atoms with Gasteiger partial charge in [-0.15, -0.1) is 0 Å². The van der Waals surface area contributed by atoms with E-state index >= 15 is 0 Å². The molecule has 0 unspecified atom stereocenters. The number of rotatable bonds is 9. The molecule has 6 nitrogen and oxygen atoms in total. The predicted octanol–water partition coefficient (Wildman–Crippen LogP) is 4.46. The van der Waals surface area contributed by atoms with Gasteiger partial charge in [0.05, 0.1) is 17.1 Å². The zero-order valence-corrected chi connectivity index (χ0v) is 20.3. The maximum absolute atomic E-state index is 13.3. The van der Waals surface area contributed by atoms with Crippen molar-refractivity contribution < 1.29 is 17.9 Å². The Bertz CT molecular complexity index is 1180. The fourth-order valence-electron chi connectivity index (χ4n) is 3.07. The van der Waals surface area contributed by atoms with Gasteiger partial charge in [-0.1, -0.05) is 52.3 Å². The SMILES string of the molecule is Cc1ccc(C)c(OCCNC(=O)CN(c2cccc(Br)c2)S(=O)(=O)c2ccccc2)c1. The summed E-state index contributed by atoms with van der Waals surface area (Å²) in [6.07, 6.45) is 0. The van der Waals surface area contributed by atoms with Crippen LogP contribution in [0.5, 0.6) is 5.75 Å². The second-order valence-corrected chi connectivity index (χ2v) is 10.0. The van der Waals surface area contributed by atoms with E-state index in [2.05, 4.69) is 21.2 Å². The van der Waals surface area contributed by atoms with Crippen molar-refractivity contribution in [2.24, 2.45) is 0 Å². The van der Waals surface area contributed by atoms with E-state index in [0.717, 1.165) is 21.2 Å². The molecule has 0 bridgehead atoms. The van der Waals surface area contributed by atoms with E-state index in [0.29, 0.717) is 10.2 Å². The minimum absolute atomic E-state index is 0.117. The van der Waals surface area contributed by atoms with Crippen LogP contribution in [0.25, 0.3) is 0 Å². The average Bonchev–Trinajstić information content (AvgIpc) is 2.77. The van der Waals surface area contributed by atoms with Crippen LogP contribution in [0.3, 0.4) is 0 Å². The minimum atomic E-state index is -3.93. The molecular formula is C24H25BrN2O4S. The molecule has 0 heterocycles. The normalized spacial score (nSPS) is 11.1. The highest BCUT2D eigenvalue weighted by atomic mass is 79.9. The van der Waals surface area contributed by atoms with Crippen LogP contribution in [-0.2, 0) is 14.8 Å². The first kappa shape index (κ1) is 23.8. The molecule has 0 aliphatic carbocycles. The molecule has 1 N–H and O–H groups in total. The number of anilines is 1. The number of sulfonamides is 1. The van der Waals surface area contributed by atoms with Crippen LogP contribution in [0.1, 0.15) is 11.1 Å². The molecule has 0 spiro atoms. The molecule has 1 amide bonds. The smallest absolute Gasteiger partial charge is 0.264 e. The lowest BCUT2D eigenvalue weighted by atomic mass is 10.1. The molecule has 8 heteroatoms. The molecule has 3 aromatic carbocycles. The second-order valence-electron chi connectivity index (χ2n) is 7.27. The van der Waals surface area contributed by atoms with Gasteiger partial charge >= 0.3 is 0 Å². The molecular weight excluding hydrogens is 492 g/mol. The highest BCUT2D eigenvalue weighted by Crippen LogP contribution is 2.26. The van der Waals surface area contributed by atoms with E-state index in [4.69, 9.17) is 4.74 Å². The van der Waals surface area contributed by atoms with Gasteiger partial charge in [-0.3, -0.25) is 9.10 Å². The quantitative estimate of drug-likeness (QED) is 0.426. The van der Waals surface area contributed by atoms with E-state index < -0.39 is 15.9 Å². The predicted molar refractivity (Wildman–Crippen MR) is 130 cm³/mol. The van der Waals surface area contributed by atoms with Crippen molar-refractivity contribution in [1.82, 2.24) is 5.32 Å². The molecule has 3 rings (SSSR count). The van der Waals surface area contributed by atoms with Crippen LogP contribution in [0.15, 0.2) is 82.2 Å². The Morgan fingerprint density at radius 3 is 2.47 bits per heavy atom. The lowest BCUT2D eigenvalue weighted by Crippen LogP contribution is -2.41. The van der Waals surface area contributed by atoms with Gasteiger partial charge < -0.3 is 10.1 Å². The monoisotopic (exact) mass is 516 g/mol. The number of ether oxygens (including phenoxy) is 1. The van der Waals surface area contributed by atoms with Crippen molar-refractivity contribution in [3.05, 3.63) is 88.4 Å². The Morgan fingerprint density at radius 1 is 1.00 bits per heavy atom. The highest BCUT2D eigenvalue weighted by molar-refractivity contribution is 9.10. The number of aryl methyl sites for hydroxylation is 2. The Morgan fingerprint density at radius 2 is 1.75 bits per heavy atom. The summed E-state index contributed by atoms with van der Waals surface area (Å²) >= 11 is 3.37. The number of halogens is 1. The molecule has 3 aromatic rings. The van der Waals surface area contributed by atoms with Crippen molar-refractivity contribution in [3.8, 4) is 5.75 Å². The van der Waals surface area contributed by atoms with Crippen molar-refractivity contribution in [3.63, 3.8) is 0 Å².